The minimum absolute atomic E-state index is 0.166. The van der Waals surface area contributed by atoms with Gasteiger partial charge in [-0.15, -0.1) is 10.2 Å². The van der Waals surface area contributed by atoms with E-state index in [1.807, 2.05) is 0 Å². The van der Waals surface area contributed by atoms with Crippen molar-refractivity contribution >= 4 is 11.9 Å². The van der Waals surface area contributed by atoms with Gasteiger partial charge >= 0.3 is 0 Å². The summed E-state index contributed by atoms with van der Waals surface area (Å²) in [4.78, 5) is 14.5. The highest BCUT2D eigenvalue weighted by molar-refractivity contribution is 5.83. The zero-order valence-electron chi connectivity index (χ0n) is 14.0. The number of fused-ring (bicyclic) bond motifs is 1. The van der Waals surface area contributed by atoms with E-state index in [1.165, 1.54) is 25.7 Å². The van der Waals surface area contributed by atoms with Crippen molar-refractivity contribution in [2.24, 2.45) is 23.0 Å². The maximum Gasteiger partial charge on any atom is 0.227 e. The number of hydrogen-bond acceptors (Lipinski definition) is 5. The summed E-state index contributed by atoms with van der Waals surface area (Å²) in [7, 11) is 0. The Morgan fingerprint density at radius 3 is 2.79 bits per heavy atom. The first kappa shape index (κ1) is 14.7. The third-order valence-electron chi connectivity index (χ3n) is 6.32. The van der Waals surface area contributed by atoms with Gasteiger partial charge in [0, 0.05) is 38.1 Å². The molecule has 3 heterocycles. The van der Waals surface area contributed by atoms with Gasteiger partial charge in [-0.2, -0.15) is 0 Å². The van der Waals surface area contributed by atoms with Gasteiger partial charge in [-0.3, -0.25) is 9.36 Å². The predicted octanol–water partition coefficient (Wildman–Crippen LogP) is 0.894. The molecule has 4 aliphatic rings. The van der Waals surface area contributed by atoms with Gasteiger partial charge in [-0.1, -0.05) is 0 Å². The van der Waals surface area contributed by atoms with Gasteiger partial charge < -0.3 is 15.4 Å². The van der Waals surface area contributed by atoms with Gasteiger partial charge in [0.15, 0.2) is 0 Å². The Labute approximate surface area is 141 Å². The van der Waals surface area contributed by atoms with E-state index < -0.39 is 5.41 Å². The van der Waals surface area contributed by atoms with E-state index in [0.29, 0.717) is 25.7 Å². The van der Waals surface area contributed by atoms with Crippen molar-refractivity contribution in [3.05, 3.63) is 5.82 Å². The number of nitrogens with zero attached hydrogens (tertiary/aromatic N) is 4. The van der Waals surface area contributed by atoms with Crippen molar-refractivity contribution < 1.29 is 9.53 Å². The lowest BCUT2D eigenvalue weighted by molar-refractivity contribution is -0.135. The summed E-state index contributed by atoms with van der Waals surface area (Å²) in [6, 6.07) is 0. The Morgan fingerprint density at radius 1 is 1.29 bits per heavy atom. The molecule has 4 fully saturated rings. The molecule has 7 heteroatoms. The molecule has 0 bridgehead atoms. The standard InChI is InChI=1S/C17H25N5O2/c18-15(23)17-5-6-24-9-13(17)8-21(10-17)16-20-19-14(12-3-4-12)22(16)7-11-1-2-11/h11-13H,1-10H2,(H2,18,23)/t13-,17+/m1/s1. The van der Waals surface area contributed by atoms with E-state index in [9.17, 15) is 4.79 Å². The number of carbonyl (C=O) groups is 1. The topological polar surface area (TPSA) is 86.3 Å². The monoisotopic (exact) mass is 331 g/mol. The fourth-order valence-electron chi connectivity index (χ4n) is 4.42. The molecule has 2 atom stereocenters. The van der Waals surface area contributed by atoms with Crippen LogP contribution in [0.1, 0.15) is 43.8 Å². The molecule has 2 aliphatic carbocycles. The molecule has 2 aliphatic heterocycles. The highest BCUT2D eigenvalue weighted by Gasteiger charge is 2.53. The summed E-state index contributed by atoms with van der Waals surface area (Å²) in [6.07, 6.45) is 5.79. The second-order valence-electron chi connectivity index (χ2n) is 8.11. The third-order valence-corrected chi connectivity index (χ3v) is 6.32. The van der Waals surface area contributed by atoms with Crippen LogP contribution in [0.25, 0.3) is 0 Å². The van der Waals surface area contributed by atoms with Crippen LogP contribution in [0.2, 0.25) is 0 Å². The Balaban J connectivity index is 1.47. The molecule has 2 N–H and O–H groups in total. The van der Waals surface area contributed by atoms with Crippen LogP contribution in [0.3, 0.4) is 0 Å². The van der Waals surface area contributed by atoms with Gasteiger partial charge in [0.1, 0.15) is 5.82 Å². The molecule has 0 spiro atoms. The summed E-state index contributed by atoms with van der Waals surface area (Å²) in [5.41, 5.74) is 5.35. The molecule has 24 heavy (non-hydrogen) atoms. The minimum atomic E-state index is -0.464. The van der Waals surface area contributed by atoms with Crippen LogP contribution < -0.4 is 10.6 Å². The molecule has 0 aromatic carbocycles. The molecular weight excluding hydrogens is 306 g/mol. The second kappa shape index (κ2) is 5.18. The normalized spacial score (nSPS) is 32.8. The number of aromatic nitrogens is 3. The number of primary amides is 1. The molecule has 7 nitrogen and oxygen atoms in total. The van der Waals surface area contributed by atoms with E-state index >= 15 is 0 Å². The van der Waals surface area contributed by atoms with Gasteiger partial charge in [0.25, 0.3) is 0 Å². The first-order valence-electron chi connectivity index (χ1n) is 9.23. The highest BCUT2D eigenvalue weighted by atomic mass is 16.5. The van der Waals surface area contributed by atoms with E-state index in [4.69, 9.17) is 10.5 Å². The number of rotatable bonds is 5. The molecule has 0 radical (unpaired) electrons. The van der Waals surface area contributed by atoms with Crippen LogP contribution in [-0.2, 0) is 16.1 Å². The quantitative estimate of drug-likeness (QED) is 0.866. The lowest BCUT2D eigenvalue weighted by atomic mass is 9.74. The van der Waals surface area contributed by atoms with Crippen molar-refractivity contribution in [1.29, 1.82) is 0 Å². The highest BCUT2D eigenvalue weighted by Crippen LogP contribution is 2.45. The minimum Gasteiger partial charge on any atom is -0.381 e. The average molecular weight is 331 g/mol. The molecule has 1 aromatic rings. The number of hydrogen-bond donors (Lipinski definition) is 1. The molecule has 2 saturated heterocycles. The molecule has 5 rings (SSSR count). The second-order valence-corrected chi connectivity index (χ2v) is 8.11. The lowest BCUT2D eigenvalue weighted by Gasteiger charge is -2.35. The summed E-state index contributed by atoms with van der Waals surface area (Å²) in [5.74, 6) is 3.43. The van der Waals surface area contributed by atoms with E-state index in [-0.39, 0.29) is 11.8 Å². The number of amides is 1. The Bertz CT molecular complexity index is 666. The Hall–Kier alpha value is -1.63. The first-order chi connectivity index (χ1) is 11.7. The summed E-state index contributed by atoms with van der Waals surface area (Å²) < 4.78 is 7.96. The van der Waals surface area contributed by atoms with Crippen LogP contribution in [0.5, 0.6) is 0 Å². The molecule has 130 valence electrons. The van der Waals surface area contributed by atoms with Crippen molar-refractivity contribution in [2.45, 2.75) is 44.6 Å². The van der Waals surface area contributed by atoms with Crippen molar-refractivity contribution in [3.63, 3.8) is 0 Å². The van der Waals surface area contributed by atoms with E-state index in [1.54, 1.807) is 0 Å². The molecule has 0 unspecified atom stereocenters. The summed E-state index contributed by atoms with van der Waals surface area (Å²) in [5, 5.41) is 9.05. The predicted molar refractivity (Wildman–Crippen MR) is 87.5 cm³/mol. The van der Waals surface area contributed by atoms with E-state index in [0.717, 1.165) is 37.2 Å². The number of carbonyl (C=O) groups excluding carboxylic acids is 1. The molecule has 1 aromatic heterocycles. The van der Waals surface area contributed by atoms with Gasteiger partial charge in [0.05, 0.1) is 12.0 Å². The first-order valence-corrected chi connectivity index (χ1v) is 9.23. The Kier molecular flexibility index (Phi) is 3.17. The number of nitrogens with two attached hydrogens (primary N) is 1. The Morgan fingerprint density at radius 2 is 2.12 bits per heavy atom. The fraction of sp³-hybridized carbons (Fsp3) is 0.824. The maximum absolute atomic E-state index is 12.2. The third kappa shape index (κ3) is 2.24. The average Bonchev–Trinajstić information content (AvgIpc) is 3.48. The summed E-state index contributed by atoms with van der Waals surface area (Å²) in [6.45, 7) is 3.71. The van der Waals surface area contributed by atoms with Crippen molar-refractivity contribution in [1.82, 2.24) is 14.8 Å². The van der Waals surface area contributed by atoms with Crippen LogP contribution >= 0.6 is 0 Å². The van der Waals surface area contributed by atoms with Gasteiger partial charge in [-0.05, 0) is 38.0 Å². The van der Waals surface area contributed by atoms with Crippen LogP contribution in [0.15, 0.2) is 0 Å². The van der Waals surface area contributed by atoms with E-state index in [2.05, 4.69) is 19.7 Å². The van der Waals surface area contributed by atoms with Crippen LogP contribution in [0, 0.1) is 17.3 Å². The maximum atomic E-state index is 12.2. The number of anilines is 1. The molecule has 2 saturated carbocycles. The zero-order chi connectivity index (χ0) is 16.3. The smallest absolute Gasteiger partial charge is 0.227 e. The van der Waals surface area contributed by atoms with Gasteiger partial charge in [-0.25, -0.2) is 0 Å². The van der Waals surface area contributed by atoms with Gasteiger partial charge in [0.2, 0.25) is 11.9 Å². The molecule has 1 amide bonds. The lowest BCUT2D eigenvalue weighted by Crippen LogP contribution is -2.48. The van der Waals surface area contributed by atoms with Crippen LogP contribution in [-0.4, -0.2) is 47.0 Å². The summed E-state index contributed by atoms with van der Waals surface area (Å²) >= 11 is 0. The fourth-order valence-corrected chi connectivity index (χ4v) is 4.42. The van der Waals surface area contributed by atoms with Crippen molar-refractivity contribution in [3.8, 4) is 0 Å². The largest absolute Gasteiger partial charge is 0.381 e. The molecular formula is C17H25N5O2. The number of ether oxygens (including phenoxy) is 1. The SMILES string of the molecule is NC(=O)[C@]12CCOC[C@H]1CN(c1nnc(C3CC3)n1CC1CC1)C2. The van der Waals surface area contributed by atoms with Crippen LogP contribution in [0.4, 0.5) is 5.95 Å². The zero-order valence-corrected chi connectivity index (χ0v) is 14.0. The van der Waals surface area contributed by atoms with Crippen molar-refractivity contribution in [2.75, 3.05) is 31.2 Å².